The number of likely N-dealkylation sites (N-methyl/N-ethyl adjacent to an activating group) is 1. The van der Waals surface area contributed by atoms with Gasteiger partial charge in [0.25, 0.3) is 0 Å². The second-order valence-electron chi connectivity index (χ2n) is 4.64. The molecule has 3 nitrogen and oxygen atoms in total. The predicted octanol–water partition coefficient (Wildman–Crippen LogP) is 1.73. The molecular weight excluding hydrogens is 212 g/mol. The third kappa shape index (κ3) is 6.41. The molecule has 2 N–H and O–H groups in total. The van der Waals surface area contributed by atoms with Crippen molar-refractivity contribution >= 4 is 0 Å². The van der Waals surface area contributed by atoms with Crippen LogP contribution >= 0.6 is 0 Å². The van der Waals surface area contributed by atoms with Gasteiger partial charge in [-0.05, 0) is 25.1 Å². The SMILES string of the molecule is CC(CN)CN(C)CCOCc1ccccc1. The smallest absolute Gasteiger partial charge is 0.0717 e. The summed E-state index contributed by atoms with van der Waals surface area (Å²) < 4.78 is 5.63. The quantitative estimate of drug-likeness (QED) is 0.699. The summed E-state index contributed by atoms with van der Waals surface area (Å²) in [4.78, 5) is 2.27. The molecular formula is C14H24N2O. The average Bonchev–Trinajstić information content (AvgIpc) is 2.36. The van der Waals surface area contributed by atoms with Crippen LogP contribution in [0.4, 0.5) is 0 Å². The average molecular weight is 236 g/mol. The highest BCUT2D eigenvalue weighted by Crippen LogP contribution is 2.01. The van der Waals surface area contributed by atoms with E-state index in [0.717, 1.165) is 26.2 Å². The highest BCUT2D eigenvalue weighted by atomic mass is 16.5. The Morgan fingerprint density at radius 1 is 1.29 bits per heavy atom. The Labute approximate surface area is 105 Å². The van der Waals surface area contributed by atoms with Crippen LogP contribution in [0.5, 0.6) is 0 Å². The Morgan fingerprint density at radius 3 is 2.65 bits per heavy atom. The van der Waals surface area contributed by atoms with Gasteiger partial charge >= 0.3 is 0 Å². The first-order chi connectivity index (χ1) is 8.22. The Hall–Kier alpha value is -0.900. The molecule has 0 amide bonds. The normalized spacial score (nSPS) is 12.9. The number of hydrogen-bond donors (Lipinski definition) is 1. The molecule has 0 aliphatic carbocycles. The largest absolute Gasteiger partial charge is 0.375 e. The van der Waals surface area contributed by atoms with Crippen LogP contribution < -0.4 is 5.73 Å². The van der Waals surface area contributed by atoms with Gasteiger partial charge < -0.3 is 15.4 Å². The first kappa shape index (κ1) is 14.2. The minimum atomic E-state index is 0.550. The fourth-order valence-electron chi connectivity index (χ4n) is 1.68. The fraction of sp³-hybridized carbons (Fsp3) is 0.571. The van der Waals surface area contributed by atoms with Gasteiger partial charge in [0, 0.05) is 13.1 Å². The molecule has 96 valence electrons. The van der Waals surface area contributed by atoms with Gasteiger partial charge in [-0.2, -0.15) is 0 Å². The molecule has 0 aliphatic rings. The van der Waals surface area contributed by atoms with Crippen LogP contribution in [0.3, 0.4) is 0 Å². The van der Waals surface area contributed by atoms with Gasteiger partial charge in [-0.15, -0.1) is 0 Å². The summed E-state index contributed by atoms with van der Waals surface area (Å²) in [6.45, 7) is 6.36. The van der Waals surface area contributed by atoms with Crippen molar-refractivity contribution in [2.75, 3.05) is 33.3 Å². The molecule has 3 heteroatoms. The second kappa shape index (κ2) is 8.23. The van der Waals surface area contributed by atoms with E-state index < -0.39 is 0 Å². The van der Waals surface area contributed by atoms with E-state index in [1.54, 1.807) is 0 Å². The number of nitrogens with zero attached hydrogens (tertiary/aromatic N) is 1. The molecule has 0 saturated carbocycles. The van der Waals surface area contributed by atoms with Crippen molar-refractivity contribution in [2.24, 2.45) is 11.7 Å². The van der Waals surface area contributed by atoms with Crippen LogP contribution in [-0.4, -0.2) is 38.2 Å². The van der Waals surface area contributed by atoms with E-state index in [1.165, 1.54) is 5.56 Å². The number of rotatable bonds is 8. The van der Waals surface area contributed by atoms with Gasteiger partial charge in [-0.25, -0.2) is 0 Å². The molecule has 1 aromatic rings. The molecule has 17 heavy (non-hydrogen) atoms. The lowest BCUT2D eigenvalue weighted by molar-refractivity contribution is 0.0964. The van der Waals surface area contributed by atoms with Crippen molar-refractivity contribution in [1.82, 2.24) is 4.90 Å². The first-order valence-electron chi connectivity index (χ1n) is 6.22. The summed E-state index contributed by atoms with van der Waals surface area (Å²) in [5.74, 6) is 0.550. The Morgan fingerprint density at radius 2 is 2.00 bits per heavy atom. The van der Waals surface area contributed by atoms with Crippen molar-refractivity contribution < 1.29 is 4.74 Å². The Balaban J connectivity index is 2.08. The van der Waals surface area contributed by atoms with Crippen LogP contribution in [-0.2, 0) is 11.3 Å². The minimum Gasteiger partial charge on any atom is -0.375 e. The maximum Gasteiger partial charge on any atom is 0.0717 e. The summed E-state index contributed by atoms with van der Waals surface area (Å²) >= 11 is 0. The maximum atomic E-state index is 5.63. The predicted molar refractivity (Wildman–Crippen MR) is 71.8 cm³/mol. The molecule has 0 saturated heterocycles. The van der Waals surface area contributed by atoms with Crippen LogP contribution in [0.2, 0.25) is 0 Å². The van der Waals surface area contributed by atoms with Gasteiger partial charge in [0.1, 0.15) is 0 Å². The highest BCUT2D eigenvalue weighted by Gasteiger charge is 2.04. The van der Waals surface area contributed by atoms with Gasteiger partial charge in [-0.3, -0.25) is 0 Å². The van der Waals surface area contributed by atoms with Crippen LogP contribution in [0.15, 0.2) is 30.3 Å². The molecule has 0 radical (unpaired) electrons. The molecule has 0 heterocycles. The summed E-state index contributed by atoms with van der Waals surface area (Å²) in [5.41, 5.74) is 6.82. The highest BCUT2D eigenvalue weighted by molar-refractivity contribution is 5.13. The van der Waals surface area contributed by atoms with E-state index in [9.17, 15) is 0 Å². The second-order valence-corrected chi connectivity index (χ2v) is 4.64. The minimum absolute atomic E-state index is 0.550. The molecule has 1 unspecified atom stereocenters. The van der Waals surface area contributed by atoms with Crippen molar-refractivity contribution in [2.45, 2.75) is 13.5 Å². The molecule has 0 fully saturated rings. The molecule has 0 bridgehead atoms. The van der Waals surface area contributed by atoms with E-state index in [2.05, 4.69) is 31.0 Å². The summed E-state index contributed by atoms with van der Waals surface area (Å²) in [6.07, 6.45) is 0. The fourth-order valence-corrected chi connectivity index (χ4v) is 1.68. The zero-order valence-electron chi connectivity index (χ0n) is 10.9. The molecule has 1 rings (SSSR count). The molecule has 0 aromatic heterocycles. The molecule has 1 aromatic carbocycles. The lowest BCUT2D eigenvalue weighted by atomic mass is 10.2. The van der Waals surface area contributed by atoms with Crippen LogP contribution in [0, 0.1) is 5.92 Å². The third-order valence-corrected chi connectivity index (χ3v) is 2.75. The first-order valence-corrected chi connectivity index (χ1v) is 6.22. The standard InChI is InChI=1S/C14H24N2O/c1-13(10-15)11-16(2)8-9-17-12-14-6-4-3-5-7-14/h3-7,13H,8-12,15H2,1-2H3. The zero-order valence-corrected chi connectivity index (χ0v) is 10.9. The lowest BCUT2D eigenvalue weighted by Crippen LogP contribution is -2.30. The van der Waals surface area contributed by atoms with Crippen LogP contribution in [0.1, 0.15) is 12.5 Å². The Bertz CT molecular complexity index is 290. The number of nitrogens with two attached hydrogens (primary N) is 1. The van der Waals surface area contributed by atoms with Gasteiger partial charge in [0.15, 0.2) is 0 Å². The topological polar surface area (TPSA) is 38.5 Å². The van der Waals surface area contributed by atoms with E-state index >= 15 is 0 Å². The number of ether oxygens (including phenoxy) is 1. The summed E-state index contributed by atoms with van der Waals surface area (Å²) in [6, 6.07) is 10.3. The van der Waals surface area contributed by atoms with E-state index in [4.69, 9.17) is 10.5 Å². The lowest BCUT2D eigenvalue weighted by Gasteiger charge is -2.20. The van der Waals surface area contributed by atoms with Crippen molar-refractivity contribution in [1.29, 1.82) is 0 Å². The van der Waals surface area contributed by atoms with Crippen LogP contribution in [0.25, 0.3) is 0 Å². The Kier molecular flexibility index (Phi) is 6.86. The third-order valence-electron chi connectivity index (χ3n) is 2.75. The molecule has 1 atom stereocenters. The summed E-state index contributed by atoms with van der Waals surface area (Å²) in [5, 5.41) is 0. The van der Waals surface area contributed by atoms with Gasteiger partial charge in [-0.1, -0.05) is 37.3 Å². The maximum absolute atomic E-state index is 5.63. The van der Waals surface area contributed by atoms with E-state index in [-0.39, 0.29) is 0 Å². The van der Waals surface area contributed by atoms with Crippen molar-refractivity contribution in [3.05, 3.63) is 35.9 Å². The van der Waals surface area contributed by atoms with Crippen molar-refractivity contribution in [3.63, 3.8) is 0 Å². The number of benzene rings is 1. The number of hydrogen-bond acceptors (Lipinski definition) is 3. The zero-order chi connectivity index (χ0) is 12.5. The molecule has 0 spiro atoms. The molecule has 0 aliphatic heterocycles. The summed E-state index contributed by atoms with van der Waals surface area (Å²) in [7, 11) is 2.11. The van der Waals surface area contributed by atoms with Gasteiger partial charge in [0.2, 0.25) is 0 Å². The van der Waals surface area contributed by atoms with E-state index in [0.29, 0.717) is 12.5 Å². The van der Waals surface area contributed by atoms with Crippen molar-refractivity contribution in [3.8, 4) is 0 Å². The van der Waals surface area contributed by atoms with E-state index in [1.807, 2.05) is 18.2 Å². The monoisotopic (exact) mass is 236 g/mol. The van der Waals surface area contributed by atoms with Gasteiger partial charge in [0.05, 0.1) is 13.2 Å².